The number of halogens is 2. The Kier molecular flexibility index (Phi) is 11.6. The second kappa shape index (κ2) is 12.8. The van der Waals surface area contributed by atoms with Gasteiger partial charge in [-0.2, -0.15) is 0 Å². The van der Waals surface area contributed by atoms with Crippen LogP contribution in [0.5, 0.6) is 0 Å². The molecule has 162 valence electrons. The molecular formula is C18H32Cl2N4O4. The van der Waals surface area contributed by atoms with Gasteiger partial charge < -0.3 is 20.5 Å². The normalized spacial score (nSPS) is 23.7. The van der Waals surface area contributed by atoms with Crippen molar-refractivity contribution in [3.05, 3.63) is 5.57 Å². The van der Waals surface area contributed by atoms with Crippen LogP contribution in [0.25, 0.3) is 0 Å². The summed E-state index contributed by atoms with van der Waals surface area (Å²) < 4.78 is 6.10. The lowest BCUT2D eigenvalue weighted by Crippen LogP contribution is -2.56. The first-order valence-corrected chi connectivity index (χ1v) is 9.72. The molecule has 0 radical (unpaired) electrons. The van der Waals surface area contributed by atoms with Crippen LogP contribution in [0.2, 0.25) is 0 Å². The minimum Gasteiger partial charge on any atom is -0.477 e. The number of aliphatic carboxylic acids is 1. The second-order valence-corrected chi connectivity index (χ2v) is 7.31. The molecular weight excluding hydrogens is 407 g/mol. The topological polar surface area (TPSA) is 94.1 Å². The van der Waals surface area contributed by atoms with Crippen molar-refractivity contribution in [2.24, 2.45) is 0 Å². The van der Waals surface area contributed by atoms with Gasteiger partial charge in [0.15, 0.2) is 11.8 Å². The highest BCUT2D eigenvalue weighted by Gasteiger charge is 2.35. The van der Waals surface area contributed by atoms with E-state index in [0.29, 0.717) is 19.1 Å². The number of carbonyl (C=O) groups is 1. The molecule has 0 saturated carbocycles. The zero-order valence-electron chi connectivity index (χ0n) is 16.1. The number of piperidine rings is 2. The minimum atomic E-state index is -1.24. The molecule has 3 heterocycles. The first kappa shape index (κ1) is 25.3. The van der Waals surface area contributed by atoms with Gasteiger partial charge in [-0.25, -0.2) is 9.59 Å². The van der Waals surface area contributed by atoms with E-state index in [2.05, 4.69) is 15.5 Å². The molecule has 1 unspecified atom stereocenters. The maximum atomic E-state index is 11.5. The van der Waals surface area contributed by atoms with Crippen molar-refractivity contribution in [1.82, 2.24) is 20.4 Å². The van der Waals surface area contributed by atoms with Crippen LogP contribution in [0.15, 0.2) is 5.57 Å². The van der Waals surface area contributed by atoms with E-state index in [1.807, 2.05) is 4.90 Å². The minimum absolute atomic E-state index is 0. The van der Waals surface area contributed by atoms with Gasteiger partial charge in [-0.05, 0) is 51.9 Å². The molecule has 3 aliphatic rings. The smallest absolute Gasteiger partial charge is 0.346 e. The van der Waals surface area contributed by atoms with Crippen molar-refractivity contribution < 1.29 is 19.4 Å². The molecule has 0 aromatic carbocycles. The standard InChI is InChI=1S/C18H30N4O4.2ClH/c23-13-16(18(24)25)17(26-15-3-7-20-8-4-15)22-11-9-21(10-12-22)14-1-5-19-6-2-14;;/h14-15,17,19-20H,1-12H2,(H,24,25);2*1H. The van der Waals surface area contributed by atoms with Gasteiger partial charge in [0.25, 0.3) is 0 Å². The van der Waals surface area contributed by atoms with Crippen LogP contribution in [0, 0.1) is 0 Å². The van der Waals surface area contributed by atoms with Crippen LogP contribution in [0.4, 0.5) is 0 Å². The lowest BCUT2D eigenvalue weighted by Gasteiger charge is -2.43. The van der Waals surface area contributed by atoms with Gasteiger partial charge >= 0.3 is 5.97 Å². The number of hydrogen-bond donors (Lipinski definition) is 3. The third-order valence-electron chi connectivity index (χ3n) is 5.70. The van der Waals surface area contributed by atoms with E-state index < -0.39 is 12.2 Å². The van der Waals surface area contributed by atoms with Gasteiger partial charge in [-0.1, -0.05) is 0 Å². The van der Waals surface area contributed by atoms with Crippen molar-refractivity contribution in [3.63, 3.8) is 0 Å². The fourth-order valence-electron chi connectivity index (χ4n) is 4.16. The first-order chi connectivity index (χ1) is 12.7. The predicted octanol–water partition coefficient (Wildman–Crippen LogP) is 0.137. The average Bonchev–Trinajstić information content (AvgIpc) is 2.69. The third-order valence-corrected chi connectivity index (χ3v) is 5.70. The quantitative estimate of drug-likeness (QED) is 0.398. The lowest BCUT2D eigenvalue weighted by atomic mass is 10.0. The Bertz CT molecular complexity index is 528. The fourth-order valence-corrected chi connectivity index (χ4v) is 4.16. The van der Waals surface area contributed by atoms with Crippen molar-refractivity contribution in [2.45, 2.75) is 44.1 Å². The number of carboxylic acids is 1. The van der Waals surface area contributed by atoms with E-state index in [0.717, 1.165) is 65.0 Å². The summed E-state index contributed by atoms with van der Waals surface area (Å²) in [6.07, 6.45) is 3.15. The molecule has 3 rings (SSSR count). The molecule has 0 aromatic heterocycles. The van der Waals surface area contributed by atoms with Gasteiger partial charge in [0, 0.05) is 32.2 Å². The Labute approximate surface area is 178 Å². The van der Waals surface area contributed by atoms with Crippen LogP contribution in [0.1, 0.15) is 25.7 Å². The van der Waals surface area contributed by atoms with Crippen LogP contribution in [0.3, 0.4) is 0 Å². The molecule has 1 atom stereocenters. The zero-order valence-corrected chi connectivity index (χ0v) is 17.7. The Morgan fingerprint density at radius 3 is 2.00 bits per heavy atom. The first-order valence-electron chi connectivity index (χ1n) is 9.72. The molecule has 3 aliphatic heterocycles. The van der Waals surface area contributed by atoms with Crippen LogP contribution < -0.4 is 10.6 Å². The Morgan fingerprint density at radius 1 is 0.964 bits per heavy atom. The summed E-state index contributed by atoms with van der Waals surface area (Å²) in [4.78, 5) is 27.3. The highest BCUT2D eigenvalue weighted by Crippen LogP contribution is 2.21. The number of ether oxygens (including phenoxy) is 1. The van der Waals surface area contributed by atoms with E-state index in [4.69, 9.17) is 4.74 Å². The molecule has 0 aliphatic carbocycles. The molecule has 3 fully saturated rings. The Morgan fingerprint density at radius 2 is 1.50 bits per heavy atom. The molecule has 0 amide bonds. The van der Waals surface area contributed by atoms with Gasteiger partial charge in [-0.3, -0.25) is 9.80 Å². The van der Waals surface area contributed by atoms with Gasteiger partial charge in [0.2, 0.25) is 0 Å². The molecule has 0 spiro atoms. The summed E-state index contributed by atoms with van der Waals surface area (Å²) in [7, 11) is 0. The van der Waals surface area contributed by atoms with Crippen molar-refractivity contribution >= 4 is 36.7 Å². The van der Waals surface area contributed by atoms with Crippen molar-refractivity contribution in [3.8, 4) is 0 Å². The molecule has 3 saturated heterocycles. The zero-order chi connectivity index (χ0) is 18.4. The maximum absolute atomic E-state index is 11.5. The van der Waals surface area contributed by atoms with E-state index in [-0.39, 0.29) is 36.5 Å². The highest BCUT2D eigenvalue weighted by molar-refractivity contribution is 5.96. The predicted molar refractivity (Wildman–Crippen MR) is 111 cm³/mol. The number of carbonyl (C=O) groups excluding carboxylic acids is 1. The number of hydrogen-bond acceptors (Lipinski definition) is 7. The van der Waals surface area contributed by atoms with Crippen molar-refractivity contribution in [1.29, 1.82) is 0 Å². The summed E-state index contributed by atoms with van der Waals surface area (Å²) in [6.45, 7) is 7.00. The van der Waals surface area contributed by atoms with Crippen molar-refractivity contribution in [2.75, 3.05) is 52.4 Å². The Balaban J connectivity index is 0.00000196. The molecule has 0 bridgehead atoms. The van der Waals surface area contributed by atoms with Gasteiger partial charge in [0.1, 0.15) is 5.94 Å². The maximum Gasteiger partial charge on any atom is 0.346 e. The number of carboxylic acid groups (broad SMARTS) is 1. The van der Waals surface area contributed by atoms with E-state index in [1.165, 1.54) is 0 Å². The average molecular weight is 439 g/mol. The summed E-state index contributed by atoms with van der Waals surface area (Å²) in [5.41, 5.74) is -0.307. The molecule has 0 aromatic rings. The van der Waals surface area contributed by atoms with E-state index >= 15 is 0 Å². The SMILES string of the molecule is Cl.Cl.O=C=C(C(=O)O)C(OC1CCNCC1)N1CCN(C2CCNCC2)CC1. The summed E-state index contributed by atoms with van der Waals surface area (Å²) in [5.74, 6) is 0.390. The third kappa shape index (κ3) is 6.68. The fraction of sp³-hybridized carbons (Fsp3) is 0.833. The van der Waals surface area contributed by atoms with E-state index in [1.54, 1.807) is 5.94 Å². The Hall–Kier alpha value is -0.700. The van der Waals surface area contributed by atoms with Crippen LogP contribution in [-0.4, -0.2) is 97.5 Å². The van der Waals surface area contributed by atoms with Gasteiger partial charge in [-0.15, -0.1) is 24.8 Å². The monoisotopic (exact) mass is 438 g/mol. The molecule has 8 nitrogen and oxygen atoms in total. The van der Waals surface area contributed by atoms with Gasteiger partial charge in [0.05, 0.1) is 6.10 Å². The largest absolute Gasteiger partial charge is 0.477 e. The highest BCUT2D eigenvalue weighted by atomic mass is 35.5. The molecule has 10 heteroatoms. The van der Waals surface area contributed by atoms with Crippen LogP contribution in [-0.2, 0) is 14.3 Å². The van der Waals surface area contributed by atoms with E-state index in [9.17, 15) is 14.7 Å². The number of piperazine rings is 1. The molecule has 28 heavy (non-hydrogen) atoms. The summed E-state index contributed by atoms with van der Waals surface area (Å²) >= 11 is 0. The molecule has 3 N–H and O–H groups in total. The van der Waals surface area contributed by atoms with Crippen LogP contribution >= 0.6 is 24.8 Å². The second-order valence-electron chi connectivity index (χ2n) is 7.31. The number of rotatable bonds is 6. The number of nitrogens with zero attached hydrogens (tertiary/aromatic N) is 2. The summed E-state index contributed by atoms with van der Waals surface area (Å²) in [6, 6.07) is 0.600. The number of nitrogens with one attached hydrogen (secondary N) is 2. The summed E-state index contributed by atoms with van der Waals surface area (Å²) in [5, 5.41) is 16.1. The lowest BCUT2D eigenvalue weighted by molar-refractivity contribution is -0.141.